The molecular weight excluding hydrogens is 242 g/mol. The molecule has 2 heterocycles. The highest BCUT2D eigenvalue weighted by molar-refractivity contribution is 5.58. The number of nitrogens with zero attached hydrogens (tertiary/aromatic N) is 4. The molecule has 0 radical (unpaired) electrons. The van der Waals surface area contributed by atoms with Crippen molar-refractivity contribution in [3.8, 4) is 6.01 Å². The maximum atomic E-state index is 5.77. The fourth-order valence-corrected chi connectivity index (χ4v) is 1.94. The maximum absolute atomic E-state index is 5.77. The largest absolute Gasteiger partial charge is 0.462 e. The van der Waals surface area contributed by atoms with Gasteiger partial charge in [-0.1, -0.05) is 39.0 Å². The summed E-state index contributed by atoms with van der Waals surface area (Å²) >= 11 is 0. The van der Waals surface area contributed by atoms with E-state index < -0.39 is 0 Å². The van der Waals surface area contributed by atoms with Gasteiger partial charge in [0, 0.05) is 12.4 Å². The first-order valence-corrected chi connectivity index (χ1v) is 6.91. The van der Waals surface area contributed by atoms with E-state index in [-0.39, 0.29) is 0 Å². The molecule has 2 aromatic heterocycles. The Hall–Kier alpha value is -1.85. The lowest BCUT2D eigenvalue weighted by Crippen LogP contribution is -2.07. The third-order valence-electron chi connectivity index (χ3n) is 2.99. The molecular formula is C13H21N5O. The zero-order chi connectivity index (χ0) is 13.5. The standard InChI is InChI=1S/C13H21N5O/c1-2-3-4-5-6-7-10-19-13-16-11(14)12-15-8-9-18(12)17-13/h8-9H,2-7,10H2,1H3,(H2,14,16,17). The summed E-state index contributed by atoms with van der Waals surface area (Å²) in [5, 5.41) is 4.18. The highest BCUT2D eigenvalue weighted by atomic mass is 16.5. The second-order valence-electron chi connectivity index (χ2n) is 4.59. The molecule has 0 aliphatic carbocycles. The lowest BCUT2D eigenvalue weighted by atomic mass is 10.1. The Balaban J connectivity index is 1.75. The van der Waals surface area contributed by atoms with Crippen LogP contribution in [-0.4, -0.2) is 26.2 Å². The number of nitrogens with two attached hydrogens (primary N) is 1. The van der Waals surface area contributed by atoms with E-state index in [2.05, 4.69) is 22.0 Å². The third kappa shape index (κ3) is 3.81. The average molecular weight is 263 g/mol. The summed E-state index contributed by atoms with van der Waals surface area (Å²) in [7, 11) is 0. The second-order valence-corrected chi connectivity index (χ2v) is 4.59. The first-order valence-electron chi connectivity index (χ1n) is 6.91. The molecule has 0 fully saturated rings. The molecule has 19 heavy (non-hydrogen) atoms. The topological polar surface area (TPSA) is 78.3 Å². The van der Waals surface area contributed by atoms with E-state index in [0.717, 1.165) is 6.42 Å². The number of unbranched alkanes of at least 4 members (excludes halogenated alkanes) is 5. The summed E-state index contributed by atoms with van der Waals surface area (Å²) in [4.78, 5) is 8.14. The predicted molar refractivity (Wildman–Crippen MR) is 74.1 cm³/mol. The molecule has 0 unspecified atom stereocenters. The summed E-state index contributed by atoms with van der Waals surface area (Å²) in [6, 6.07) is 0.316. The molecule has 2 rings (SSSR count). The van der Waals surface area contributed by atoms with E-state index >= 15 is 0 Å². The van der Waals surface area contributed by atoms with E-state index in [1.54, 1.807) is 16.9 Å². The zero-order valence-corrected chi connectivity index (χ0v) is 11.4. The van der Waals surface area contributed by atoms with Gasteiger partial charge in [0.2, 0.25) is 0 Å². The molecule has 0 bridgehead atoms. The normalized spacial score (nSPS) is 11.0. The van der Waals surface area contributed by atoms with Crippen LogP contribution in [0.5, 0.6) is 6.01 Å². The van der Waals surface area contributed by atoms with Gasteiger partial charge in [-0.05, 0) is 6.42 Å². The molecule has 0 atom stereocenters. The van der Waals surface area contributed by atoms with Crippen LogP contribution in [0, 0.1) is 0 Å². The molecule has 0 aromatic carbocycles. The van der Waals surface area contributed by atoms with Crippen LogP contribution in [0.25, 0.3) is 5.65 Å². The lowest BCUT2D eigenvalue weighted by Gasteiger charge is -2.05. The minimum Gasteiger partial charge on any atom is -0.462 e. The molecule has 0 saturated carbocycles. The minimum atomic E-state index is 0.316. The summed E-state index contributed by atoms with van der Waals surface area (Å²) < 4.78 is 7.10. The Bertz CT molecular complexity index is 511. The van der Waals surface area contributed by atoms with Gasteiger partial charge < -0.3 is 10.5 Å². The van der Waals surface area contributed by atoms with Crippen molar-refractivity contribution in [2.24, 2.45) is 0 Å². The second kappa shape index (κ2) is 6.92. The van der Waals surface area contributed by atoms with Gasteiger partial charge in [-0.2, -0.15) is 4.98 Å². The van der Waals surface area contributed by atoms with Gasteiger partial charge in [0.05, 0.1) is 6.61 Å². The van der Waals surface area contributed by atoms with Gasteiger partial charge >= 0.3 is 6.01 Å². The van der Waals surface area contributed by atoms with E-state index in [0.29, 0.717) is 24.1 Å². The Kier molecular flexibility index (Phi) is 4.94. The van der Waals surface area contributed by atoms with Crippen molar-refractivity contribution in [1.29, 1.82) is 0 Å². The number of imidazole rings is 1. The molecule has 0 amide bonds. The average Bonchev–Trinajstić information content (AvgIpc) is 2.86. The number of anilines is 1. The monoisotopic (exact) mass is 263 g/mol. The number of aromatic nitrogens is 4. The number of rotatable bonds is 8. The molecule has 6 heteroatoms. The van der Waals surface area contributed by atoms with Crippen LogP contribution in [0.1, 0.15) is 45.4 Å². The highest BCUT2D eigenvalue weighted by Gasteiger charge is 2.06. The van der Waals surface area contributed by atoms with Crippen LogP contribution in [-0.2, 0) is 0 Å². The van der Waals surface area contributed by atoms with E-state index in [4.69, 9.17) is 10.5 Å². The third-order valence-corrected chi connectivity index (χ3v) is 2.99. The van der Waals surface area contributed by atoms with E-state index in [1.807, 2.05) is 0 Å². The van der Waals surface area contributed by atoms with Crippen LogP contribution < -0.4 is 10.5 Å². The predicted octanol–water partition coefficient (Wildman–Crippen LogP) is 2.45. The van der Waals surface area contributed by atoms with Crippen molar-refractivity contribution in [3.63, 3.8) is 0 Å². The van der Waals surface area contributed by atoms with Crippen LogP contribution in [0.2, 0.25) is 0 Å². The highest BCUT2D eigenvalue weighted by Crippen LogP contribution is 2.12. The number of fused-ring (bicyclic) bond motifs is 1. The number of ether oxygens (including phenoxy) is 1. The number of hydrogen-bond donors (Lipinski definition) is 1. The molecule has 0 aliphatic heterocycles. The van der Waals surface area contributed by atoms with Crippen molar-refractivity contribution in [3.05, 3.63) is 12.4 Å². The van der Waals surface area contributed by atoms with Crippen molar-refractivity contribution in [2.45, 2.75) is 45.4 Å². The molecule has 0 spiro atoms. The first kappa shape index (κ1) is 13.6. The maximum Gasteiger partial charge on any atom is 0.336 e. The summed E-state index contributed by atoms with van der Waals surface area (Å²) in [6.07, 6.45) is 10.7. The molecule has 2 N–H and O–H groups in total. The van der Waals surface area contributed by atoms with Crippen LogP contribution >= 0.6 is 0 Å². The summed E-state index contributed by atoms with van der Waals surface area (Å²) in [5.74, 6) is 0.345. The van der Waals surface area contributed by atoms with Crippen molar-refractivity contribution < 1.29 is 4.74 Å². The zero-order valence-electron chi connectivity index (χ0n) is 11.4. The van der Waals surface area contributed by atoms with E-state index in [9.17, 15) is 0 Å². The van der Waals surface area contributed by atoms with Crippen molar-refractivity contribution in [2.75, 3.05) is 12.3 Å². The van der Waals surface area contributed by atoms with Gasteiger partial charge in [0.25, 0.3) is 0 Å². The molecule has 2 aromatic rings. The fraction of sp³-hybridized carbons (Fsp3) is 0.615. The van der Waals surface area contributed by atoms with E-state index in [1.165, 1.54) is 32.1 Å². The van der Waals surface area contributed by atoms with Crippen LogP contribution in [0.3, 0.4) is 0 Å². The van der Waals surface area contributed by atoms with Gasteiger partial charge in [0.15, 0.2) is 11.5 Å². The van der Waals surface area contributed by atoms with Gasteiger partial charge in [-0.25, -0.2) is 9.50 Å². The van der Waals surface area contributed by atoms with Gasteiger partial charge in [-0.3, -0.25) is 0 Å². The first-order chi connectivity index (χ1) is 9.31. The Morgan fingerprint density at radius 3 is 2.84 bits per heavy atom. The molecule has 0 saturated heterocycles. The van der Waals surface area contributed by atoms with Gasteiger partial charge in [0.1, 0.15) is 0 Å². The lowest BCUT2D eigenvalue weighted by molar-refractivity contribution is 0.277. The summed E-state index contributed by atoms with van der Waals surface area (Å²) in [6.45, 7) is 2.85. The smallest absolute Gasteiger partial charge is 0.336 e. The van der Waals surface area contributed by atoms with Crippen LogP contribution in [0.4, 0.5) is 5.82 Å². The number of nitrogen functional groups attached to an aromatic ring is 1. The van der Waals surface area contributed by atoms with Crippen molar-refractivity contribution >= 4 is 11.5 Å². The van der Waals surface area contributed by atoms with Crippen LogP contribution in [0.15, 0.2) is 12.4 Å². The fourth-order valence-electron chi connectivity index (χ4n) is 1.94. The molecule has 104 valence electrons. The molecule has 0 aliphatic rings. The minimum absolute atomic E-state index is 0.316. The number of hydrogen-bond acceptors (Lipinski definition) is 5. The van der Waals surface area contributed by atoms with Gasteiger partial charge in [-0.15, -0.1) is 5.10 Å². The Labute approximate surface area is 113 Å². The quantitative estimate of drug-likeness (QED) is 0.740. The Morgan fingerprint density at radius 2 is 2.00 bits per heavy atom. The summed E-state index contributed by atoms with van der Waals surface area (Å²) in [5.41, 5.74) is 6.33. The van der Waals surface area contributed by atoms with Crippen molar-refractivity contribution in [1.82, 2.24) is 19.6 Å². The SMILES string of the molecule is CCCCCCCCOc1nc(N)c2nccn2n1. The Morgan fingerprint density at radius 1 is 1.21 bits per heavy atom. The molecule has 6 nitrogen and oxygen atoms in total.